The molecular weight excluding hydrogens is 188 g/mol. The minimum Gasteiger partial charge on any atom is -0.344 e. The van der Waals surface area contributed by atoms with Gasteiger partial charge in [-0.05, 0) is 19.3 Å². The van der Waals surface area contributed by atoms with Crippen LogP contribution < -0.4 is 0 Å². The smallest absolute Gasteiger partial charge is 0.242 e. The highest BCUT2D eigenvalue weighted by molar-refractivity contribution is 5.85. The van der Waals surface area contributed by atoms with Crippen LogP contribution in [0.25, 0.3) is 0 Å². The minimum atomic E-state index is -0.803. The number of hydrogen-bond donors (Lipinski definition) is 0. The van der Waals surface area contributed by atoms with E-state index in [2.05, 4.69) is 13.0 Å². The molecule has 0 fully saturated rings. The second kappa shape index (κ2) is 6.44. The lowest BCUT2D eigenvalue weighted by Crippen LogP contribution is -2.41. The normalized spacial score (nSPS) is 10.9. The summed E-state index contributed by atoms with van der Waals surface area (Å²) in [6.07, 6.45) is 3.25. The third kappa shape index (κ3) is 3.23. The summed E-state index contributed by atoms with van der Waals surface area (Å²) in [5, 5.41) is 9.12. The Morgan fingerprint density at radius 2 is 1.87 bits per heavy atom. The van der Waals surface area contributed by atoms with Crippen LogP contribution in [0, 0.1) is 16.7 Å². The maximum absolute atomic E-state index is 12.1. The Morgan fingerprint density at radius 3 is 2.20 bits per heavy atom. The molecule has 0 aliphatic heterocycles. The van der Waals surface area contributed by atoms with Crippen molar-refractivity contribution < 1.29 is 4.79 Å². The Labute approximate surface area is 93.1 Å². The average molecular weight is 210 g/mol. The Bertz CT molecular complexity index is 238. The van der Waals surface area contributed by atoms with E-state index in [1.165, 1.54) is 0 Å². The van der Waals surface area contributed by atoms with Gasteiger partial charge in [0, 0.05) is 13.6 Å². The van der Waals surface area contributed by atoms with Crippen LogP contribution in [0.15, 0.2) is 0 Å². The van der Waals surface area contributed by atoms with Crippen molar-refractivity contribution in [2.75, 3.05) is 13.6 Å². The van der Waals surface area contributed by atoms with Crippen LogP contribution in [0.3, 0.4) is 0 Å². The van der Waals surface area contributed by atoms with Gasteiger partial charge in [0.05, 0.1) is 6.07 Å². The van der Waals surface area contributed by atoms with Crippen LogP contribution in [0.4, 0.5) is 0 Å². The lowest BCUT2D eigenvalue weighted by molar-refractivity contribution is -0.138. The van der Waals surface area contributed by atoms with Crippen LogP contribution in [-0.2, 0) is 4.79 Å². The Balaban J connectivity index is 4.58. The molecule has 0 aromatic heterocycles. The van der Waals surface area contributed by atoms with Gasteiger partial charge in [-0.3, -0.25) is 4.79 Å². The molecule has 0 unspecified atom stereocenters. The molecule has 15 heavy (non-hydrogen) atoms. The number of rotatable bonds is 6. The van der Waals surface area contributed by atoms with Gasteiger partial charge in [0.1, 0.15) is 5.41 Å². The third-order valence-corrected chi connectivity index (χ3v) is 3.02. The van der Waals surface area contributed by atoms with Gasteiger partial charge >= 0.3 is 0 Å². The van der Waals surface area contributed by atoms with Crippen LogP contribution in [-0.4, -0.2) is 24.4 Å². The highest BCUT2D eigenvalue weighted by Gasteiger charge is 2.36. The van der Waals surface area contributed by atoms with E-state index in [0.29, 0.717) is 12.8 Å². The maximum Gasteiger partial charge on any atom is 0.242 e. The number of carbonyl (C=O) groups excluding carboxylic acids is 1. The Hall–Kier alpha value is -1.04. The number of amides is 1. The van der Waals surface area contributed by atoms with Crippen molar-refractivity contribution >= 4 is 5.91 Å². The van der Waals surface area contributed by atoms with Crippen molar-refractivity contribution in [3.05, 3.63) is 0 Å². The molecule has 0 saturated heterocycles. The quantitative estimate of drug-likeness (QED) is 0.676. The fourth-order valence-corrected chi connectivity index (χ4v) is 1.62. The zero-order valence-electron chi connectivity index (χ0n) is 10.3. The van der Waals surface area contributed by atoms with Gasteiger partial charge in [0.15, 0.2) is 0 Å². The van der Waals surface area contributed by atoms with Gasteiger partial charge in [0.25, 0.3) is 0 Å². The van der Waals surface area contributed by atoms with Crippen molar-refractivity contribution in [2.45, 2.75) is 46.5 Å². The first-order chi connectivity index (χ1) is 7.07. The zero-order valence-corrected chi connectivity index (χ0v) is 10.3. The molecule has 0 bridgehead atoms. The Kier molecular flexibility index (Phi) is 6.00. The highest BCUT2D eigenvalue weighted by Crippen LogP contribution is 2.27. The van der Waals surface area contributed by atoms with Crippen molar-refractivity contribution in [3.8, 4) is 6.07 Å². The van der Waals surface area contributed by atoms with Crippen LogP contribution >= 0.6 is 0 Å². The average Bonchev–Trinajstić information content (AvgIpc) is 2.28. The molecule has 3 nitrogen and oxygen atoms in total. The number of carbonyl (C=O) groups is 1. The van der Waals surface area contributed by atoms with Gasteiger partial charge in [-0.2, -0.15) is 5.26 Å². The second-order valence-corrected chi connectivity index (χ2v) is 3.98. The summed E-state index contributed by atoms with van der Waals surface area (Å²) in [6.45, 7) is 6.64. The summed E-state index contributed by atoms with van der Waals surface area (Å²) in [5.74, 6) is -0.0246. The summed E-state index contributed by atoms with van der Waals surface area (Å²) < 4.78 is 0. The monoisotopic (exact) mass is 210 g/mol. The van der Waals surface area contributed by atoms with Crippen molar-refractivity contribution in [2.24, 2.45) is 5.41 Å². The standard InChI is InChI=1S/C12H22N2O/c1-5-8-9-14(4)11(15)12(6-2,7-3)10-13/h5-9H2,1-4H3. The van der Waals surface area contributed by atoms with E-state index >= 15 is 0 Å². The molecule has 3 heteroatoms. The molecule has 0 rings (SSSR count). The van der Waals surface area contributed by atoms with Gasteiger partial charge in [0.2, 0.25) is 5.91 Å². The molecular formula is C12H22N2O. The number of nitriles is 1. The van der Waals surface area contributed by atoms with E-state index < -0.39 is 5.41 Å². The molecule has 0 aliphatic rings. The lowest BCUT2D eigenvalue weighted by atomic mass is 9.82. The molecule has 0 aromatic carbocycles. The second-order valence-electron chi connectivity index (χ2n) is 3.98. The SMILES string of the molecule is CCCCN(C)C(=O)C(C#N)(CC)CC. The highest BCUT2D eigenvalue weighted by atomic mass is 16.2. The summed E-state index contributed by atoms with van der Waals surface area (Å²) in [5.41, 5.74) is -0.803. The molecule has 0 atom stereocenters. The van der Waals surface area contributed by atoms with Gasteiger partial charge in [-0.25, -0.2) is 0 Å². The molecule has 86 valence electrons. The third-order valence-electron chi connectivity index (χ3n) is 3.02. The van der Waals surface area contributed by atoms with E-state index in [4.69, 9.17) is 5.26 Å². The fraction of sp³-hybridized carbons (Fsp3) is 0.833. The van der Waals surface area contributed by atoms with Crippen LogP contribution in [0.5, 0.6) is 0 Å². The molecule has 0 aromatic rings. The Morgan fingerprint density at radius 1 is 1.33 bits per heavy atom. The van der Waals surface area contributed by atoms with E-state index in [9.17, 15) is 4.79 Å². The summed E-state index contributed by atoms with van der Waals surface area (Å²) in [6, 6.07) is 2.18. The first-order valence-corrected chi connectivity index (χ1v) is 5.74. The van der Waals surface area contributed by atoms with Crippen LogP contribution in [0.2, 0.25) is 0 Å². The molecule has 1 amide bonds. The van der Waals surface area contributed by atoms with Gasteiger partial charge < -0.3 is 4.90 Å². The summed E-state index contributed by atoms with van der Waals surface area (Å²) >= 11 is 0. The van der Waals surface area contributed by atoms with Crippen molar-refractivity contribution in [1.29, 1.82) is 5.26 Å². The van der Waals surface area contributed by atoms with Crippen molar-refractivity contribution in [1.82, 2.24) is 4.90 Å². The fourth-order valence-electron chi connectivity index (χ4n) is 1.62. The largest absolute Gasteiger partial charge is 0.344 e. The zero-order chi connectivity index (χ0) is 11.9. The maximum atomic E-state index is 12.1. The number of hydrogen-bond acceptors (Lipinski definition) is 2. The predicted octanol–water partition coefficient (Wildman–Crippen LogP) is 2.57. The first-order valence-electron chi connectivity index (χ1n) is 5.74. The first kappa shape index (κ1) is 14.0. The van der Waals surface area contributed by atoms with Crippen LogP contribution in [0.1, 0.15) is 46.5 Å². The number of nitrogens with zero attached hydrogens (tertiary/aromatic N) is 2. The minimum absolute atomic E-state index is 0.0246. The lowest BCUT2D eigenvalue weighted by Gasteiger charge is -2.28. The van der Waals surface area contributed by atoms with Crippen molar-refractivity contribution in [3.63, 3.8) is 0 Å². The predicted molar refractivity (Wildman–Crippen MR) is 61.2 cm³/mol. The topological polar surface area (TPSA) is 44.1 Å². The molecule has 0 saturated carbocycles. The molecule has 0 aliphatic carbocycles. The van der Waals surface area contributed by atoms with E-state index in [-0.39, 0.29) is 5.91 Å². The van der Waals surface area contributed by atoms with E-state index in [1.807, 2.05) is 13.8 Å². The molecule has 0 N–H and O–H groups in total. The van der Waals surface area contributed by atoms with E-state index in [0.717, 1.165) is 19.4 Å². The van der Waals surface area contributed by atoms with E-state index in [1.54, 1.807) is 11.9 Å². The van der Waals surface area contributed by atoms with Gasteiger partial charge in [-0.1, -0.05) is 27.2 Å². The van der Waals surface area contributed by atoms with Gasteiger partial charge in [-0.15, -0.1) is 0 Å². The molecule has 0 radical (unpaired) electrons. The summed E-state index contributed by atoms with van der Waals surface area (Å²) in [7, 11) is 1.79. The summed E-state index contributed by atoms with van der Waals surface area (Å²) in [4.78, 5) is 13.8. The molecule has 0 spiro atoms. The number of unbranched alkanes of at least 4 members (excludes halogenated alkanes) is 1. The molecule has 0 heterocycles.